The van der Waals surface area contributed by atoms with E-state index in [2.05, 4.69) is 5.32 Å². The molecule has 0 aliphatic rings. The summed E-state index contributed by atoms with van der Waals surface area (Å²) in [4.78, 5) is 10.5. The van der Waals surface area contributed by atoms with Crippen LogP contribution in [0.5, 0.6) is 0 Å². The van der Waals surface area contributed by atoms with E-state index >= 15 is 0 Å². The Kier molecular flexibility index (Phi) is 4.30. The average Bonchev–Trinajstić information content (AvgIpc) is 2.02. The van der Waals surface area contributed by atoms with E-state index in [0.717, 1.165) is 6.08 Å². The lowest BCUT2D eigenvalue weighted by atomic mass is 9.88. The molecule has 5 heteroatoms. The molecule has 0 aromatic heterocycles. The summed E-state index contributed by atoms with van der Waals surface area (Å²) in [6.45, 7) is 4.38. The van der Waals surface area contributed by atoms with E-state index in [4.69, 9.17) is 15.6 Å². The first-order chi connectivity index (χ1) is 6.29. The smallest absolute Gasteiger partial charge is 0.223 e. The molecule has 0 aliphatic carbocycles. The Balaban J connectivity index is 4.50. The molecular weight excluding hydrogens is 184 g/mol. The van der Waals surface area contributed by atoms with Crippen molar-refractivity contribution >= 4 is 11.6 Å². The summed E-state index contributed by atoms with van der Waals surface area (Å²) in [5.74, 6) is -0.794. The molecule has 0 saturated heterocycles. The van der Waals surface area contributed by atoms with Gasteiger partial charge in [-0.25, -0.2) is 0 Å². The van der Waals surface area contributed by atoms with Crippen molar-refractivity contribution in [2.75, 3.05) is 6.61 Å². The number of hydrogen-bond donors (Lipinski definition) is 4. The standard InChI is InChI=1S/C9H16N2O3/c1-6(13)11-8(14)4-7(10)9(2,3)5-12/h4,10,12,14H,5H2,1-3H3,(H,11,13)/b8-4-,10-7?. The molecule has 0 unspecified atom stereocenters. The van der Waals surface area contributed by atoms with Gasteiger partial charge in [0.25, 0.3) is 0 Å². The Morgan fingerprint density at radius 3 is 2.43 bits per heavy atom. The maximum atomic E-state index is 10.5. The number of aliphatic hydroxyl groups excluding tert-OH is 2. The number of allylic oxidation sites excluding steroid dienone is 1. The van der Waals surface area contributed by atoms with Gasteiger partial charge in [0.15, 0.2) is 5.88 Å². The maximum absolute atomic E-state index is 10.5. The highest BCUT2D eigenvalue weighted by Crippen LogP contribution is 2.16. The SMILES string of the molecule is CC(=O)N/C(O)=C/C(=N)C(C)(C)CO. The molecule has 0 atom stereocenters. The van der Waals surface area contributed by atoms with Gasteiger partial charge in [0.1, 0.15) is 0 Å². The van der Waals surface area contributed by atoms with Gasteiger partial charge in [0.05, 0.1) is 6.61 Å². The van der Waals surface area contributed by atoms with Gasteiger partial charge in [-0.15, -0.1) is 0 Å². The molecule has 4 N–H and O–H groups in total. The van der Waals surface area contributed by atoms with Crippen molar-refractivity contribution in [3.05, 3.63) is 12.0 Å². The molecule has 0 saturated carbocycles. The third-order valence-corrected chi connectivity index (χ3v) is 1.71. The summed E-state index contributed by atoms with van der Waals surface area (Å²) in [6.07, 6.45) is 1.11. The average molecular weight is 200 g/mol. The van der Waals surface area contributed by atoms with Crippen molar-refractivity contribution in [1.29, 1.82) is 5.41 Å². The van der Waals surface area contributed by atoms with E-state index in [1.165, 1.54) is 6.92 Å². The van der Waals surface area contributed by atoms with Crippen molar-refractivity contribution in [3.8, 4) is 0 Å². The fourth-order valence-electron chi connectivity index (χ4n) is 0.634. The first-order valence-electron chi connectivity index (χ1n) is 4.17. The minimum Gasteiger partial charge on any atom is -0.494 e. The van der Waals surface area contributed by atoms with Crippen molar-refractivity contribution in [2.45, 2.75) is 20.8 Å². The van der Waals surface area contributed by atoms with Crippen LogP contribution in [0.1, 0.15) is 20.8 Å². The highest BCUT2D eigenvalue weighted by atomic mass is 16.3. The molecule has 80 valence electrons. The quantitative estimate of drug-likeness (QED) is 0.394. The topological polar surface area (TPSA) is 93.4 Å². The summed E-state index contributed by atoms with van der Waals surface area (Å²) in [6, 6.07) is 0. The van der Waals surface area contributed by atoms with Crippen LogP contribution in [0.3, 0.4) is 0 Å². The molecule has 0 aliphatic heterocycles. The molecular formula is C9H16N2O3. The molecule has 0 aromatic carbocycles. The van der Waals surface area contributed by atoms with Gasteiger partial charge < -0.3 is 15.6 Å². The second-order valence-electron chi connectivity index (χ2n) is 3.67. The van der Waals surface area contributed by atoms with Crippen LogP contribution in [0.4, 0.5) is 0 Å². The first-order valence-corrected chi connectivity index (χ1v) is 4.17. The van der Waals surface area contributed by atoms with Crippen LogP contribution < -0.4 is 5.32 Å². The molecule has 0 heterocycles. The van der Waals surface area contributed by atoms with Crippen LogP contribution in [0.2, 0.25) is 0 Å². The van der Waals surface area contributed by atoms with Gasteiger partial charge in [-0.2, -0.15) is 0 Å². The normalized spacial score (nSPS) is 12.4. The van der Waals surface area contributed by atoms with Crippen LogP contribution in [0.15, 0.2) is 12.0 Å². The summed E-state index contributed by atoms with van der Waals surface area (Å²) in [5, 5.41) is 27.7. The van der Waals surface area contributed by atoms with Crippen LogP contribution in [0.25, 0.3) is 0 Å². The fourth-order valence-corrected chi connectivity index (χ4v) is 0.634. The van der Waals surface area contributed by atoms with Gasteiger partial charge in [0, 0.05) is 24.1 Å². The molecule has 0 spiro atoms. The number of carbonyl (C=O) groups excluding carboxylic acids is 1. The molecule has 5 nitrogen and oxygen atoms in total. The van der Waals surface area contributed by atoms with Crippen molar-refractivity contribution in [3.63, 3.8) is 0 Å². The van der Waals surface area contributed by atoms with Crippen molar-refractivity contribution in [2.24, 2.45) is 5.41 Å². The predicted octanol–water partition coefficient (Wildman–Crippen LogP) is 0.560. The van der Waals surface area contributed by atoms with Crippen LogP contribution >= 0.6 is 0 Å². The Bertz CT molecular complexity index is 269. The number of hydrogen-bond acceptors (Lipinski definition) is 4. The highest BCUT2D eigenvalue weighted by Gasteiger charge is 2.21. The molecule has 0 rings (SSSR count). The van der Waals surface area contributed by atoms with Crippen LogP contribution in [0, 0.1) is 10.8 Å². The lowest BCUT2D eigenvalue weighted by molar-refractivity contribution is -0.118. The highest BCUT2D eigenvalue weighted by molar-refractivity contribution is 5.97. The zero-order valence-corrected chi connectivity index (χ0v) is 8.59. The number of amides is 1. The Labute approximate surface area is 83.0 Å². The van der Waals surface area contributed by atoms with Crippen molar-refractivity contribution in [1.82, 2.24) is 5.32 Å². The van der Waals surface area contributed by atoms with E-state index in [9.17, 15) is 4.79 Å². The van der Waals surface area contributed by atoms with Gasteiger partial charge in [-0.3, -0.25) is 10.1 Å². The summed E-state index contributed by atoms with van der Waals surface area (Å²) < 4.78 is 0. The molecule has 14 heavy (non-hydrogen) atoms. The third kappa shape index (κ3) is 4.04. The number of carbonyl (C=O) groups is 1. The zero-order chi connectivity index (χ0) is 11.4. The number of rotatable bonds is 4. The summed E-state index contributed by atoms with van der Waals surface area (Å²) in [5.41, 5.74) is -0.682. The molecule has 0 radical (unpaired) electrons. The second-order valence-corrected chi connectivity index (χ2v) is 3.67. The van der Waals surface area contributed by atoms with Crippen molar-refractivity contribution < 1.29 is 15.0 Å². The van der Waals surface area contributed by atoms with Gasteiger partial charge in [-0.05, 0) is 0 Å². The predicted molar refractivity (Wildman–Crippen MR) is 53.1 cm³/mol. The largest absolute Gasteiger partial charge is 0.494 e. The number of nitrogens with one attached hydrogen (secondary N) is 2. The lowest BCUT2D eigenvalue weighted by Gasteiger charge is -2.20. The van der Waals surface area contributed by atoms with Crippen LogP contribution in [-0.2, 0) is 4.79 Å². The van der Waals surface area contributed by atoms with E-state index in [1.807, 2.05) is 0 Å². The number of aliphatic hydroxyl groups is 2. The van der Waals surface area contributed by atoms with Gasteiger partial charge >= 0.3 is 0 Å². The van der Waals surface area contributed by atoms with Gasteiger partial charge in [-0.1, -0.05) is 13.8 Å². The second kappa shape index (κ2) is 4.76. The Hall–Kier alpha value is -1.36. The minimum atomic E-state index is -0.730. The molecule has 0 fully saturated rings. The summed E-state index contributed by atoms with van der Waals surface area (Å²) in [7, 11) is 0. The third-order valence-electron chi connectivity index (χ3n) is 1.71. The Morgan fingerprint density at radius 2 is 2.07 bits per heavy atom. The van der Waals surface area contributed by atoms with E-state index in [-0.39, 0.29) is 18.2 Å². The van der Waals surface area contributed by atoms with Crippen LogP contribution in [-0.4, -0.2) is 28.4 Å². The molecule has 0 aromatic rings. The van der Waals surface area contributed by atoms with E-state index in [0.29, 0.717) is 0 Å². The van der Waals surface area contributed by atoms with E-state index in [1.54, 1.807) is 13.8 Å². The Morgan fingerprint density at radius 1 is 1.57 bits per heavy atom. The minimum absolute atomic E-state index is 0.0475. The molecule has 1 amide bonds. The fraction of sp³-hybridized carbons (Fsp3) is 0.556. The zero-order valence-electron chi connectivity index (χ0n) is 8.59. The monoisotopic (exact) mass is 200 g/mol. The van der Waals surface area contributed by atoms with Gasteiger partial charge in [0.2, 0.25) is 5.91 Å². The summed E-state index contributed by atoms with van der Waals surface area (Å²) >= 11 is 0. The lowest BCUT2D eigenvalue weighted by Crippen LogP contribution is -2.28. The van der Waals surface area contributed by atoms with E-state index < -0.39 is 11.3 Å². The first kappa shape index (κ1) is 12.6. The molecule has 0 bridgehead atoms. The maximum Gasteiger partial charge on any atom is 0.223 e.